The molecule has 66 valence electrons. The number of rotatable bonds is 1. The van der Waals surface area contributed by atoms with E-state index >= 15 is 0 Å². The van der Waals surface area contributed by atoms with Crippen molar-refractivity contribution >= 4 is 0 Å². The predicted molar refractivity (Wildman–Crippen MR) is 49.4 cm³/mol. The average molecular weight is 155 g/mol. The monoisotopic (exact) mass is 155 g/mol. The van der Waals surface area contributed by atoms with Gasteiger partial charge in [-0.25, -0.2) is 0 Å². The van der Waals surface area contributed by atoms with Crippen LogP contribution < -0.4 is 5.73 Å². The van der Waals surface area contributed by atoms with Crippen molar-refractivity contribution in [3.05, 3.63) is 0 Å². The van der Waals surface area contributed by atoms with Gasteiger partial charge in [-0.1, -0.05) is 33.6 Å². The lowest BCUT2D eigenvalue weighted by atomic mass is 9.79. The molecule has 0 amide bonds. The molecule has 1 saturated carbocycles. The van der Waals surface area contributed by atoms with Gasteiger partial charge in [0.15, 0.2) is 0 Å². The molecule has 0 aromatic carbocycles. The number of hydrogen-bond acceptors (Lipinski definition) is 1. The van der Waals surface area contributed by atoms with Crippen molar-refractivity contribution in [1.82, 2.24) is 0 Å². The second-order valence-electron chi connectivity index (χ2n) is 4.94. The van der Waals surface area contributed by atoms with Crippen molar-refractivity contribution in [3.63, 3.8) is 0 Å². The minimum Gasteiger partial charge on any atom is -0.327 e. The van der Waals surface area contributed by atoms with Gasteiger partial charge in [-0.2, -0.15) is 0 Å². The molecule has 0 unspecified atom stereocenters. The fourth-order valence-electron chi connectivity index (χ4n) is 2.02. The molecule has 1 nitrogen and oxygen atoms in total. The maximum absolute atomic E-state index is 6.16. The van der Waals surface area contributed by atoms with Gasteiger partial charge in [0.1, 0.15) is 0 Å². The summed E-state index contributed by atoms with van der Waals surface area (Å²) < 4.78 is 0. The van der Waals surface area contributed by atoms with Gasteiger partial charge in [0.25, 0.3) is 0 Å². The zero-order valence-electron chi connectivity index (χ0n) is 8.06. The molecule has 1 heteroatoms. The predicted octanol–water partition coefficient (Wildman–Crippen LogP) is 2.55. The van der Waals surface area contributed by atoms with Gasteiger partial charge in [0, 0.05) is 6.04 Å². The van der Waals surface area contributed by atoms with E-state index in [1.54, 1.807) is 0 Å². The maximum atomic E-state index is 6.16. The summed E-state index contributed by atoms with van der Waals surface area (Å²) in [4.78, 5) is 0. The summed E-state index contributed by atoms with van der Waals surface area (Å²) in [5.41, 5.74) is 6.46. The Morgan fingerprint density at radius 3 is 2.00 bits per heavy atom. The van der Waals surface area contributed by atoms with E-state index in [9.17, 15) is 0 Å². The molecule has 1 aliphatic carbocycles. The molecule has 1 rings (SSSR count). The van der Waals surface area contributed by atoms with Gasteiger partial charge < -0.3 is 5.73 Å². The quantitative estimate of drug-likeness (QED) is 0.618. The van der Waals surface area contributed by atoms with Crippen molar-refractivity contribution in [2.75, 3.05) is 0 Å². The van der Waals surface area contributed by atoms with Gasteiger partial charge in [-0.3, -0.25) is 0 Å². The molecule has 2 N–H and O–H groups in total. The molecule has 0 heterocycles. The minimum atomic E-state index is 0.301. The summed E-state index contributed by atoms with van der Waals surface area (Å²) in [6, 6.07) is 0.407. The van der Waals surface area contributed by atoms with E-state index in [1.807, 2.05) is 0 Å². The van der Waals surface area contributed by atoms with Crippen LogP contribution in [0.1, 0.15) is 46.5 Å². The zero-order valence-corrected chi connectivity index (χ0v) is 8.06. The van der Waals surface area contributed by atoms with Crippen LogP contribution in [0.5, 0.6) is 0 Å². The van der Waals surface area contributed by atoms with E-state index in [2.05, 4.69) is 20.8 Å². The topological polar surface area (TPSA) is 26.0 Å². The molecule has 1 atom stereocenters. The first-order valence-corrected chi connectivity index (χ1v) is 4.77. The Labute approximate surface area is 70.4 Å². The van der Waals surface area contributed by atoms with Crippen LogP contribution >= 0.6 is 0 Å². The summed E-state index contributed by atoms with van der Waals surface area (Å²) in [6.07, 6.45) is 5.51. The van der Waals surface area contributed by atoms with Gasteiger partial charge in [0.2, 0.25) is 0 Å². The first-order chi connectivity index (χ1) is 5.02. The molecule has 0 aromatic rings. The maximum Gasteiger partial charge on any atom is 0.0116 e. The lowest BCUT2D eigenvalue weighted by molar-refractivity contribution is 0.239. The van der Waals surface area contributed by atoms with Gasteiger partial charge in [-0.15, -0.1) is 0 Å². The highest BCUT2D eigenvalue weighted by atomic mass is 14.7. The molecule has 1 fully saturated rings. The lowest BCUT2D eigenvalue weighted by Gasteiger charge is -2.31. The van der Waals surface area contributed by atoms with Crippen molar-refractivity contribution in [2.24, 2.45) is 17.1 Å². The minimum absolute atomic E-state index is 0.301. The molecule has 11 heavy (non-hydrogen) atoms. The zero-order chi connectivity index (χ0) is 8.48. The molecule has 0 saturated heterocycles. The highest BCUT2D eigenvalue weighted by molar-refractivity contribution is 4.86. The van der Waals surface area contributed by atoms with Crippen molar-refractivity contribution in [2.45, 2.75) is 52.5 Å². The Hall–Kier alpha value is -0.0400. The van der Waals surface area contributed by atoms with E-state index in [-0.39, 0.29) is 0 Å². The van der Waals surface area contributed by atoms with E-state index in [4.69, 9.17) is 5.73 Å². The van der Waals surface area contributed by atoms with Crippen molar-refractivity contribution in [3.8, 4) is 0 Å². The lowest BCUT2D eigenvalue weighted by Crippen LogP contribution is -2.40. The number of nitrogens with two attached hydrogens (primary N) is 1. The van der Waals surface area contributed by atoms with E-state index in [0.29, 0.717) is 11.5 Å². The molecular formula is C10H21N. The van der Waals surface area contributed by atoms with Crippen LogP contribution in [0.4, 0.5) is 0 Å². The molecule has 1 aliphatic rings. The van der Waals surface area contributed by atoms with Crippen molar-refractivity contribution in [1.29, 1.82) is 0 Å². The van der Waals surface area contributed by atoms with Gasteiger partial charge >= 0.3 is 0 Å². The van der Waals surface area contributed by atoms with Crippen LogP contribution in [-0.2, 0) is 0 Å². The molecule has 0 aromatic heterocycles. The Kier molecular flexibility index (Phi) is 2.58. The summed E-state index contributed by atoms with van der Waals surface area (Å²) in [5.74, 6) is 0.801. The summed E-state index contributed by atoms with van der Waals surface area (Å²) in [5, 5.41) is 0. The first-order valence-electron chi connectivity index (χ1n) is 4.77. The van der Waals surface area contributed by atoms with Gasteiger partial charge in [0.05, 0.1) is 0 Å². The third kappa shape index (κ3) is 2.19. The Morgan fingerprint density at radius 2 is 1.64 bits per heavy atom. The second kappa shape index (κ2) is 3.14. The van der Waals surface area contributed by atoms with Crippen molar-refractivity contribution < 1.29 is 0 Å². The summed E-state index contributed by atoms with van der Waals surface area (Å²) >= 11 is 0. The van der Waals surface area contributed by atoms with E-state index in [0.717, 1.165) is 5.92 Å². The molecule has 0 spiro atoms. The summed E-state index contributed by atoms with van der Waals surface area (Å²) in [6.45, 7) is 6.74. The van der Waals surface area contributed by atoms with Crippen LogP contribution in [0.2, 0.25) is 0 Å². The standard InChI is InChI=1S/C10H21N/c1-10(2,3)9(11)8-6-4-5-7-8/h8-9H,4-7,11H2,1-3H3/t9-/m1/s1. The van der Waals surface area contributed by atoms with E-state index in [1.165, 1.54) is 25.7 Å². The normalized spacial score (nSPS) is 24.0. The summed E-state index contributed by atoms with van der Waals surface area (Å²) in [7, 11) is 0. The van der Waals surface area contributed by atoms with Crippen LogP contribution in [0, 0.1) is 11.3 Å². The highest BCUT2D eigenvalue weighted by Crippen LogP contribution is 2.34. The largest absolute Gasteiger partial charge is 0.327 e. The van der Waals surface area contributed by atoms with Crippen LogP contribution in [0.25, 0.3) is 0 Å². The Bertz CT molecular complexity index is 117. The molecular weight excluding hydrogens is 134 g/mol. The fraction of sp³-hybridized carbons (Fsp3) is 1.00. The fourth-order valence-corrected chi connectivity index (χ4v) is 2.02. The Morgan fingerprint density at radius 1 is 1.18 bits per heavy atom. The average Bonchev–Trinajstić information content (AvgIpc) is 2.34. The molecule has 0 bridgehead atoms. The van der Waals surface area contributed by atoms with Crippen LogP contribution in [0.3, 0.4) is 0 Å². The highest BCUT2D eigenvalue weighted by Gasteiger charge is 2.30. The number of hydrogen-bond donors (Lipinski definition) is 1. The molecule has 0 radical (unpaired) electrons. The van der Waals surface area contributed by atoms with Crippen LogP contribution in [-0.4, -0.2) is 6.04 Å². The second-order valence-corrected chi connectivity index (χ2v) is 4.94. The first kappa shape index (κ1) is 9.05. The third-order valence-corrected chi connectivity index (χ3v) is 2.91. The molecule has 0 aliphatic heterocycles. The van der Waals surface area contributed by atoms with E-state index < -0.39 is 0 Å². The third-order valence-electron chi connectivity index (χ3n) is 2.91. The Balaban J connectivity index is 2.46. The SMILES string of the molecule is CC(C)(C)[C@H](N)C1CCCC1. The van der Waals surface area contributed by atoms with Gasteiger partial charge in [-0.05, 0) is 24.2 Å². The smallest absolute Gasteiger partial charge is 0.0116 e. The van der Waals surface area contributed by atoms with Crippen LogP contribution in [0.15, 0.2) is 0 Å².